The largest absolute Gasteiger partial charge is 0.336 e. The molecule has 0 fully saturated rings. The van der Waals surface area contributed by atoms with Crippen LogP contribution < -0.4 is 5.32 Å². The highest BCUT2D eigenvalue weighted by atomic mass is 32.1. The highest BCUT2D eigenvalue weighted by Crippen LogP contribution is 2.26. The summed E-state index contributed by atoms with van der Waals surface area (Å²) in [6, 6.07) is 2.39. The molecular formula is C12H17N3S. The Bertz CT molecular complexity index is 418. The zero-order chi connectivity index (χ0) is 11.5. The number of aryl methyl sites for hydroxylation is 2. The molecule has 0 radical (unpaired) electrons. The van der Waals surface area contributed by atoms with Crippen molar-refractivity contribution in [1.82, 2.24) is 14.9 Å². The molecule has 2 heterocycles. The van der Waals surface area contributed by atoms with Crippen LogP contribution in [0.25, 0.3) is 0 Å². The van der Waals surface area contributed by atoms with Crippen LogP contribution in [0.2, 0.25) is 0 Å². The molecule has 0 aliphatic carbocycles. The molecule has 16 heavy (non-hydrogen) atoms. The fraction of sp³-hybridized carbons (Fsp3) is 0.417. The van der Waals surface area contributed by atoms with Gasteiger partial charge in [-0.2, -0.15) is 0 Å². The van der Waals surface area contributed by atoms with Crippen LogP contribution >= 0.6 is 11.3 Å². The summed E-state index contributed by atoms with van der Waals surface area (Å²) in [6.07, 6.45) is 3.84. The van der Waals surface area contributed by atoms with Gasteiger partial charge in [0, 0.05) is 24.3 Å². The number of imidazole rings is 1. The molecule has 86 valence electrons. The minimum Gasteiger partial charge on any atom is -0.336 e. The number of hydrogen-bond acceptors (Lipinski definition) is 3. The standard InChI is InChI=1S/C12H17N3S/c1-4-13-11(10-5-8-16-9(10)2)12-14-6-7-15(12)3/h5-8,11,13H,4H2,1-3H3. The Labute approximate surface area is 100 Å². The maximum absolute atomic E-state index is 4.44. The maximum Gasteiger partial charge on any atom is 0.130 e. The van der Waals surface area contributed by atoms with Gasteiger partial charge in [-0.05, 0) is 30.5 Å². The first-order chi connectivity index (χ1) is 7.74. The predicted octanol–water partition coefficient (Wildman–Crippen LogP) is 2.49. The first kappa shape index (κ1) is 11.4. The second kappa shape index (κ2) is 4.80. The van der Waals surface area contributed by atoms with Crippen LogP contribution in [0, 0.1) is 6.92 Å². The lowest BCUT2D eigenvalue weighted by molar-refractivity contribution is 0.576. The van der Waals surface area contributed by atoms with Crippen molar-refractivity contribution in [3.05, 3.63) is 40.1 Å². The molecule has 1 unspecified atom stereocenters. The zero-order valence-electron chi connectivity index (χ0n) is 9.90. The van der Waals surface area contributed by atoms with Gasteiger partial charge in [0.25, 0.3) is 0 Å². The average molecular weight is 235 g/mol. The summed E-state index contributed by atoms with van der Waals surface area (Å²) in [5.74, 6) is 1.07. The first-order valence-electron chi connectivity index (χ1n) is 5.48. The Hall–Kier alpha value is -1.13. The molecule has 1 N–H and O–H groups in total. The number of thiophene rings is 1. The molecule has 0 spiro atoms. The van der Waals surface area contributed by atoms with E-state index in [1.54, 1.807) is 11.3 Å². The molecule has 0 amide bonds. The van der Waals surface area contributed by atoms with Crippen molar-refractivity contribution < 1.29 is 0 Å². The average Bonchev–Trinajstić information content (AvgIpc) is 2.84. The van der Waals surface area contributed by atoms with Crippen molar-refractivity contribution in [3.8, 4) is 0 Å². The Morgan fingerprint density at radius 3 is 2.88 bits per heavy atom. The Balaban J connectivity index is 2.39. The number of rotatable bonds is 4. The van der Waals surface area contributed by atoms with Gasteiger partial charge >= 0.3 is 0 Å². The van der Waals surface area contributed by atoms with Gasteiger partial charge in [0.2, 0.25) is 0 Å². The second-order valence-electron chi connectivity index (χ2n) is 3.82. The lowest BCUT2D eigenvalue weighted by Crippen LogP contribution is -2.24. The molecule has 0 aliphatic rings. The van der Waals surface area contributed by atoms with Crippen LogP contribution in [0.4, 0.5) is 0 Å². The van der Waals surface area contributed by atoms with Crippen LogP contribution in [0.3, 0.4) is 0 Å². The molecule has 0 saturated heterocycles. The Kier molecular flexibility index (Phi) is 3.41. The number of hydrogen-bond donors (Lipinski definition) is 1. The maximum atomic E-state index is 4.44. The summed E-state index contributed by atoms with van der Waals surface area (Å²) in [5.41, 5.74) is 1.33. The topological polar surface area (TPSA) is 29.9 Å². The third-order valence-corrected chi connectivity index (χ3v) is 3.60. The molecular weight excluding hydrogens is 218 g/mol. The van der Waals surface area contributed by atoms with Crippen molar-refractivity contribution in [3.63, 3.8) is 0 Å². The van der Waals surface area contributed by atoms with E-state index >= 15 is 0 Å². The van der Waals surface area contributed by atoms with Crippen LogP contribution in [-0.4, -0.2) is 16.1 Å². The molecule has 0 aromatic carbocycles. The summed E-state index contributed by atoms with van der Waals surface area (Å²) >= 11 is 1.78. The van der Waals surface area contributed by atoms with Gasteiger partial charge in [-0.25, -0.2) is 4.98 Å². The third-order valence-electron chi connectivity index (χ3n) is 2.73. The molecule has 4 heteroatoms. The molecule has 1 atom stereocenters. The summed E-state index contributed by atoms with van der Waals surface area (Å²) < 4.78 is 2.07. The van der Waals surface area contributed by atoms with E-state index in [0.717, 1.165) is 12.4 Å². The molecule has 0 aliphatic heterocycles. The summed E-state index contributed by atoms with van der Waals surface area (Å²) in [7, 11) is 2.04. The van der Waals surface area contributed by atoms with Gasteiger partial charge in [0.1, 0.15) is 5.82 Å². The van der Waals surface area contributed by atoms with E-state index in [4.69, 9.17) is 0 Å². The molecule has 0 bridgehead atoms. The van der Waals surface area contributed by atoms with Crippen LogP contribution in [0.1, 0.15) is 29.2 Å². The van der Waals surface area contributed by atoms with Crippen molar-refractivity contribution >= 4 is 11.3 Å². The van der Waals surface area contributed by atoms with E-state index < -0.39 is 0 Å². The van der Waals surface area contributed by atoms with Crippen molar-refractivity contribution in [1.29, 1.82) is 0 Å². The summed E-state index contributed by atoms with van der Waals surface area (Å²) in [5, 5.41) is 5.63. The Morgan fingerprint density at radius 2 is 2.38 bits per heavy atom. The van der Waals surface area contributed by atoms with Crippen molar-refractivity contribution in [2.24, 2.45) is 7.05 Å². The number of nitrogens with zero attached hydrogens (tertiary/aromatic N) is 2. The van der Waals surface area contributed by atoms with E-state index in [-0.39, 0.29) is 6.04 Å². The smallest absolute Gasteiger partial charge is 0.130 e. The zero-order valence-corrected chi connectivity index (χ0v) is 10.7. The number of aromatic nitrogens is 2. The van der Waals surface area contributed by atoms with E-state index in [2.05, 4.69) is 40.2 Å². The van der Waals surface area contributed by atoms with Crippen LogP contribution in [-0.2, 0) is 7.05 Å². The summed E-state index contributed by atoms with van der Waals surface area (Å²) in [6.45, 7) is 5.22. The van der Waals surface area contributed by atoms with E-state index in [1.165, 1.54) is 10.4 Å². The van der Waals surface area contributed by atoms with Gasteiger partial charge < -0.3 is 9.88 Å². The second-order valence-corrected chi connectivity index (χ2v) is 4.94. The van der Waals surface area contributed by atoms with Gasteiger partial charge in [-0.3, -0.25) is 0 Å². The fourth-order valence-corrected chi connectivity index (χ4v) is 2.63. The highest BCUT2D eigenvalue weighted by molar-refractivity contribution is 7.10. The van der Waals surface area contributed by atoms with Gasteiger partial charge in [0.15, 0.2) is 0 Å². The van der Waals surface area contributed by atoms with E-state index in [9.17, 15) is 0 Å². The molecule has 3 nitrogen and oxygen atoms in total. The molecule has 2 rings (SSSR count). The minimum absolute atomic E-state index is 0.205. The van der Waals surface area contributed by atoms with Crippen LogP contribution in [0.15, 0.2) is 23.8 Å². The fourth-order valence-electron chi connectivity index (χ4n) is 1.89. The van der Waals surface area contributed by atoms with Gasteiger partial charge in [0.05, 0.1) is 6.04 Å². The lowest BCUT2D eigenvalue weighted by Gasteiger charge is -2.17. The predicted molar refractivity (Wildman–Crippen MR) is 67.8 cm³/mol. The molecule has 2 aromatic rings. The highest BCUT2D eigenvalue weighted by Gasteiger charge is 2.19. The minimum atomic E-state index is 0.205. The van der Waals surface area contributed by atoms with E-state index in [0.29, 0.717) is 0 Å². The van der Waals surface area contributed by atoms with Gasteiger partial charge in [-0.1, -0.05) is 6.92 Å². The van der Waals surface area contributed by atoms with Crippen LogP contribution in [0.5, 0.6) is 0 Å². The lowest BCUT2D eigenvalue weighted by atomic mass is 10.1. The van der Waals surface area contributed by atoms with Gasteiger partial charge in [-0.15, -0.1) is 11.3 Å². The first-order valence-corrected chi connectivity index (χ1v) is 6.36. The normalized spacial score (nSPS) is 12.9. The Morgan fingerprint density at radius 1 is 1.56 bits per heavy atom. The van der Waals surface area contributed by atoms with Crippen molar-refractivity contribution in [2.75, 3.05) is 6.54 Å². The third kappa shape index (κ3) is 2.03. The molecule has 2 aromatic heterocycles. The number of nitrogens with one attached hydrogen (secondary N) is 1. The summed E-state index contributed by atoms with van der Waals surface area (Å²) in [4.78, 5) is 5.79. The van der Waals surface area contributed by atoms with Crippen molar-refractivity contribution in [2.45, 2.75) is 19.9 Å². The van der Waals surface area contributed by atoms with E-state index in [1.807, 2.05) is 19.4 Å². The molecule has 0 saturated carbocycles. The SMILES string of the molecule is CCNC(c1ccsc1C)c1nccn1C. The quantitative estimate of drug-likeness (QED) is 0.882. The monoisotopic (exact) mass is 235 g/mol.